The van der Waals surface area contributed by atoms with Crippen molar-refractivity contribution in [1.29, 1.82) is 0 Å². The van der Waals surface area contributed by atoms with Crippen LogP contribution < -0.4 is 0 Å². The molecule has 1 unspecified atom stereocenters. The van der Waals surface area contributed by atoms with Gasteiger partial charge in [0.05, 0.1) is 6.33 Å². The van der Waals surface area contributed by atoms with E-state index in [-0.39, 0.29) is 0 Å². The number of rotatable bonds is 1. The molecule has 0 aliphatic heterocycles. The Morgan fingerprint density at radius 2 is 2.31 bits per heavy atom. The molecule has 0 amide bonds. The van der Waals surface area contributed by atoms with Crippen molar-refractivity contribution in [3.8, 4) is 0 Å². The number of nitrogens with one attached hydrogen (secondary N) is 1. The second-order valence-corrected chi connectivity index (χ2v) is 4.65. The molecule has 3 rings (SSSR count). The highest BCUT2D eigenvalue weighted by atomic mass is 14.9. The Hall–Kier alpha value is -1.57. The van der Waals surface area contributed by atoms with Crippen LogP contribution in [0.3, 0.4) is 0 Å². The third-order valence-corrected chi connectivity index (χ3v) is 3.51. The van der Waals surface area contributed by atoms with E-state index in [1.54, 1.807) is 6.33 Å². The van der Waals surface area contributed by atoms with Crippen molar-refractivity contribution < 1.29 is 0 Å². The van der Waals surface area contributed by atoms with E-state index in [1.165, 1.54) is 41.6 Å². The van der Waals surface area contributed by atoms with Crippen LogP contribution >= 0.6 is 0 Å². The molecule has 1 aliphatic rings. The fraction of sp³-hybridized carbons (Fsp3) is 0.357. The Morgan fingerprint density at radius 3 is 3.12 bits per heavy atom. The van der Waals surface area contributed by atoms with E-state index in [0.29, 0.717) is 5.92 Å². The van der Waals surface area contributed by atoms with Crippen molar-refractivity contribution in [2.45, 2.75) is 32.1 Å². The minimum absolute atomic E-state index is 0.520. The molecule has 1 aromatic carbocycles. The monoisotopic (exact) mass is 212 g/mol. The summed E-state index contributed by atoms with van der Waals surface area (Å²) in [4.78, 5) is 7.38. The van der Waals surface area contributed by atoms with E-state index in [9.17, 15) is 0 Å². The molecule has 82 valence electrons. The van der Waals surface area contributed by atoms with Crippen molar-refractivity contribution in [2.24, 2.45) is 0 Å². The highest BCUT2D eigenvalue weighted by molar-refractivity contribution is 5.39. The average Bonchev–Trinajstić information content (AvgIpc) is 2.81. The first-order valence-corrected chi connectivity index (χ1v) is 5.92. The number of fused-ring (bicyclic) bond motifs is 1. The molecule has 0 saturated heterocycles. The summed E-state index contributed by atoms with van der Waals surface area (Å²) >= 11 is 0. The van der Waals surface area contributed by atoms with Gasteiger partial charge in [0.2, 0.25) is 0 Å². The van der Waals surface area contributed by atoms with Gasteiger partial charge in [-0.3, -0.25) is 0 Å². The minimum atomic E-state index is 0.520. The molecule has 1 atom stereocenters. The lowest BCUT2D eigenvalue weighted by atomic mass is 9.81. The van der Waals surface area contributed by atoms with Gasteiger partial charge in [0.15, 0.2) is 0 Å². The summed E-state index contributed by atoms with van der Waals surface area (Å²) in [6.07, 6.45) is 7.47. The summed E-state index contributed by atoms with van der Waals surface area (Å²) in [6, 6.07) is 6.83. The van der Waals surface area contributed by atoms with E-state index >= 15 is 0 Å². The number of hydrogen-bond donors (Lipinski definition) is 1. The van der Waals surface area contributed by atoms with Crippen molar-refractivity contribution in [1.82, 2.24) is 9.97 Å². The van der Waals surface area contributed by atoms with E-state index in [0.717, 1.165) is 0 Å². The Labute approximate surface area is 95.7 Å². The van der Waals surface area contributed by atoms with Crippen molar-refractivity contribution in [2.75, 3.05) is 0 Å². The van der Waals surface area contributed by atoms with E-state index in [1.807, 2.05) is 6.20 Å². The van der Waals surface area contributed by atoms with Crippen molar-refractivity contribution in [3.63, 3.8) is 0 Å². The summed E-state index contributed by atoms with van der Waals surface area (Å²) in [6.45, 7) is 2.17. The summed E-state index contributed by atoms with van der Waals surface area (Å²) in [5, 5.41) is 0. The number of aryl methyl sites for hydroxylation is 2. The Balaban J connectivity index is 2.06. The zero-order valence-corrected chi connectivity index (χ0v) is 9.53. The van der Waals surface area contributed by atoms with Gasteiger partial charge in [-0.25, -0.2) is 4.98 Å². The van der Waals surface area contributed by atoms with Gasteiger partial charge in [-0.1, -0.05) is 23.8 Å². The van der Waals surface area contributed by atoms with Crippen LogP contribution in [0.1, 0.15) is 41.1 Å². The standard InChI is InChI=1S/C14H16N2/c1-10-5-6-12-11(7-10)3-2-4-13(12)14-8-15-9-16-14/h5-9,13H,2-4H2,1H3,(H,15,16). The molecule has 0 spiro atoms. The Bertz CT molecular complexity index is 485. The maximum absolute atomic E-state index is 4.13. The van der Waals surface area contributed by atoms with Crippen LogP contribution in [0.2, 0.25) is 0 Å². The molecule has 0 radical (unpaired) electrons. The lowest BCUT2D eigenvalue weighted by molar-refractivity contribution is 0.606. The van der Waals surface area contributed by atoms with Gasteiger partial charge in [-0.2, -0.15) is 0 Å². The normalized spacial score (nSPS) is 19.4. The largest absolute Gasteiger partial charge is 0.348 e. The van der Waals surface area contributed by atoms with Gasteiger partial charge in [0.25, 0.3) is 0 Å². The zero-order chi connectivity index (χ0) is 11.0. The van der Waals surface area contributed by atoms with Crippen LogP contribution in [0.4, 0.5) is 0 Å². The second-order valence-electron chi connectivity index (χ2n) is 4.65. The van der Waals surface area contributed by atoms with Crippen LogP contribution in [-0.4, -0.2) is 9.97 Å². The minimum Gasteiger partial charge on any atom is -0.348 e. The van der Waals surface area contributed by atoms with Gasteiger partial charge in [0, 0.05) is 17.8 Å². The van der Waals surface area contributed by atoms with Gasteiger partial charge in [0.1, 0.15) is 0 Å². The SMILES string of the molecule is Cc1ccc2c(c1)CCCC2c1cnc[nH]1. The average molecular weight is 212 g/mol. The lowest BCUT2D eigenvalue weighted by Gasteiger charge is -2.24. The third kappa shape index (κ3) is 1.54. The Morgan fingerprint density at radius 1 is 1.38 bits per heavy atom. The molecule has 1 heterocycles. The first-order chi connectivity index (χ1) is 7.84. The van der Waals surface area contributed by atoms with Crippen LogP contribution in [0.5, 0.6) is 0 Å². The number of aromatic amines is 1. The second kappa shape index (κ2) is 3.78. The quantitative estimate of drug-likeness (QED) is 0.772. The molecule has 2 heteroatoms. The highest BCUT2D eigenvalue weighted by Crippen LogP contribution is 2.35. The number of nitrogens with zero attached hydrogens (tertiary/aromatic N) is 1. The fourth-order valence-corrected chi connectivity index (χ4v) is 2.72. The fourth-order valence-electron chi connectivity index (χ4n) is 2.72. The Kier molecular flexibility index (Phi) is 2.28. The maximum atomic E-state index is 4.13. The topological polar surface area (TPSA) is 28.7 Å². The summed E-state index contributed by atoms with van der Waals surface area (Å²) in [7, 11) is 0. The summed E-state index contributed by atoms with van der Waals surface area (Å²) < 4.78 is 0. The number of H-pyrrole nitrogens is 1. The lowest BCUT2D eigenvalue weighted by Crippen LogP contribution is -2.11. The summed E-state index contributed by atoms with van der Waals surface area (Å²) in [5.41, 5.74) is 5.63. The van der Waals surface area contributed by atoms with Gasteiger partial charge >= 0.3 is 0 Å². The molecule has 0 bridgehead atoms. The molecular weight excluding hydrogens is 196 g/mol. The number of imidazole rings is 1. The van der Waals surface area contributed by atoms with Gasteiger partial charge in [-0.15, -0.1) is 0 Å². The summed E-state index contributed by atoms with van der Waals surface area (Å²) in [5.74, 6) is 0.520. The molecule has 1 N–H and O–H groups in total. The van der Waals surface area contributed by atoms with Gasteiger partial charge in [-0.05, 0) is 37.3 Å². The molecule has 16 heavy (non-hydrogen) atoms. The van der Waals surface area contributed by atoms with E-state index in [4.69, 9.17) is 0 Å². The predicted molar refractivity (Wildman–Crippen MR) is 64.5 cm³/mol. The molecule has 1 aliphatic carbocycles. The molecule has 2 aromatic rings. The maximum Gasteiger partial charge on any atom is 0.0921 e. The molecule has 0 saturated carbocycles. The van der Waals surface area contributed by atoms with Crippen molar-refractivity contribution >= 4 is 0 Å². The predicted octanol–water partition coefficient (Wildman–Crippen LogP) is 3.19. The van der Waals surface area contributed by atoms with Crippen molar-refractivity contribution in [3.05, 3.63) is 53.1 Å². The molecular formula is C14H16N2. The number of hydrogen-bond acceptors (Lipinski definition) is 1. The highest BCUT2D eigenvalue weighted by Gasteiger charge is 2.22. The zero-order valence-electron chi connectivity index (χ0n) is 9.53. The van der Waals surface area contributed by atoms with E-state index in [2.05, 4.69) is 35.1 Å². The molecule has 2 nitrogen and oxygen atoms in total. The van der Waals surface area contributed by atoms with E-state index < -0.39 is 0 Å². The van der Waals surface area contributed by atoms with Crippen LogP contribution in [0.15, 0.2) is 30.7 Å². The van der Waals surface area contributed by atoms with Crippen LogP contribution in [0, 0.1) is 6.92 Å². The van der Waals surface area contributed by atoms with Crippen LogP contribution in [-0.2, 0) is 6.42 Å². The first-order valence-electron chi connectivity index (χ1n) is 5.92. The molecule has 0 fully saturated rings. The van der Waals surface area contributed by atoms with Gasteiger partial charge < -0.3 is 4.98 Å². The smallest absolute Gasteiger partial charge is 0.0921 e. The number of benzene rings is 1. The first kappa shape index (κ1) is 9.64. The molecule has 1 aromatic heterocycles. The number of aromatic nitrogens is 2. The van der Waals surface area contributed by atoms with Crippen LogP contribution in [0.25, 0.3) is 0 Å². The third-order valence-electron chi connectivity index (χ3n) is 3.51.